The van der Waals surface area contributed by atoms with Crippen molar-refractivity contribution in [1.29, 1.82) is 0 Å². The van der Waals surface area contributed by atoms with E-state index < -0.39 is 6.29 Å². The van der Waals surface area contributed by atoms with Crippen molar-refractivity contribution in [2.75, 3.05) is 6.61 Å². The molecule has 0 amide bonds. The summed E-state index contributed by atoms with van der Waals surface area (Å²) in [4.78, 5) is 14.0. The zero-order chi connectivity index (χ0) is 35.3. The summed E-state index contributed by atoms with van der Waals surface area (Å²) in [6, 6.07) is 21.1. The minimum Gasteiger partial charge on any atom is -0.507 e. The Morgan fingerprint density at radius 2 is 1.14 bits per heavy atom. The first kappa shape index (κ1) is 38.0. The highest BCUT2D eigenvalue weighted by Crippen LogP contribution is 2.33. The number of rotatable bonds is 19. The molecular formula is C42H57N3O4. The van der Waals surface area contributed by atoms with Crippen molar-refractivity contribution in [3.63, 3.8) is 0 Å². The molecular weight excluding hydrogens is 610 g/mol. The number of hydrogen-bond donors (Lipinski definition) is 3. The molecule has 3 aromatic carbocycles. The highest BCUT2D eigenvalue weighted by atomic mass is 16.6. The maximum atomic E-state index is 11.3. The van der Waals surface area contributed by atoms with E-state index in [4.69, 9.17) is 14.7 Å². The number of phenols is 2. The van der Waals surface area contributed by atoms with E-state index in [0.29, 0.717) is 58.4 Å². The van der Waals surface area contributed by atoms with Crippen molar-refractivity contribution in [1.82, 2.24) is 15.0 Å². The maximum absolute atomic E-state index is 11.3. The number of hydrogen-bond acceptors (Lipinski definition) is 7. The molecule has 0 radical (unpaired) electrons. The Kier molecular flexibility index (Phi) is 14.6. The van der Waals surface area contributed by atoms with Crippen LogP contribution in [0.1, 0.15) is 105 Å². The SMILES string of the molecule is CC(C)CCCC(C)CCC(COC(O)c1cccc(-c2nc(-c3ccccc3O)nc(-c3ccccc3O)n2)c1)C(C)CCCC(C)C. The third-order valence-electron chi connectivity index (χ3n) is 9.58. The van der Waals surface area contributed by atoms with Gasteiger partial charge in [0.25, 0.3) is 0 Å². The molecule has 0 aliphatic carbocycles. The Hall–Kier alpha value is -3.81. The van der Waals surface area contributed by atoms with Crippen molar-refractivity contribution in [2.45, 2.75) is 99.2 Å². The third-order valence-corrected chi connectivity index (χ3v) is 9.58. The number of benzene rings is 3. The predicted molar refractivity (Wildman–Crippen MR) is 199 cm³/mol. The van der Waals surface area contributed by atoms with Crippen molar-refractivity contribution in [3.05, 3.63) is 78.4 Å². The van der Waals surface area contributed by atoms with E-state index in [2.05, 4.69) is 46.5 Å². The molecule has 0 spiro atoms. The minimum atomic E-state index is -1.11. The molecule has 0 saturated heterocycles. The summed E-state index contributed by atoms with van der Waals surface area (Å²) in [7, 11) is 0. The summed E-state index contributed by atoms with van der Waals surface area (Å²) in [5.41, 5.74) is 2.17. The van der Waals surface area contributed by atoms with Gasteiger partial charge in [-0.2, -0.15) is 0 Å². The second kappa shape index (κ2) is 18.8. The average molecular weight is 668 g/mol. The predicted octanol–water partition coefficient (Wildman–Crippen LogP) is 10.6. The van der Waals surface area contributed by atoms with Gasteiger partial charge < -0.3 is 20.1 Å². The zero-order valence-electron chi connectivity index (χ0n) is 30.3. The van der Waals surface area contributed by atoms with Crippen LogP contribution in [0, 0.1) is 29.6 Å². The molecule has 4 unspecified atom stereocenters. The minimum absolute atomic E-state index is 0.0402. The summed E-state index contributed by atoms with van der Waals surface area (Å²) in [5.74, 6) is 3.97. The fraction of sp³-hybridized carbons (Fsp3) is 0.500. The van der Waals surface area contributed by atoms with Gasteiger partial charge in [0.15, 0.2) is 23.8 Å². The van der Waals surface area contributed by atoms with Crippen LogP contribution in [0.25, 0.3) is 34.2 Å². The van der Waals surface area contributed by atoms with Crippen LogP contribution >= 0.6 is 0 Å². The highest BCUT2D eigenvalue weighted by molar-refractivity contribution is 5.71. The van der Waals surface area contributed by atoms with E-state index >= 15 is 0 Å². The van der Waals surface area contributed by atoms with Crippen LogP contribution in [-0.4, -0.2) is 36.9 Å². The second-order valence-corrected chi connectivity index (χ2v) is 14.7. The smallest absolute Gasteiger partial charge is 0.181 e. The number of aliphatic hydroxyl groups is 1. The largest absolute Gasteiger partial charge is 0.507 e. The normalized spacial score (nSPS) is 14.2. The van der Waals surface area contributed by atoms with Crippen molar-refractivity contribution >= 4 is 0 Å². The molecule has 3 N–H and O–H groups in total. The van der Waals surface area contributed by atoms with E-state index in [1.54, 1.807) is 48.5 Å². The summed E-state index contributed by atoms with van der Waals surface area (Å²) in [5, 5.41) is 32.5. The molecule has 1 aromatic heterocycles. The lowest BCUT2D eigenvalue weighted by atomic mass is 9.83. The number of ether oxygens (including phenoxy) is 1. The maximum Gasteiger partial charge on any atom is 0.181 e. The number of aliphatic hydroxyl groups excluding tert-OH is 1. The molecule has 49 heavy (non-hydrogen) atoms. The molecule has 4 aromatic rings. The molecule has 7 heteroatoms. The van der Waals surface area contributed by atoms with E-state index in [1.165, 1.54) is 38.5 Å². The summed E-state index contributed by atoms with van der Waals surface area (Å²) < 4.78 is 6.23. The molecule has 0 saturated carbocycles. The Balaban J connectivity index is 1.54. The van der Waals surface area contributed by atoms with Crippen LogP contribution in [0.15, 0.2) is 72.8 Å². The van der Waals surface area contributed by atoms with Gasteiger partial charge in [-0.05, 0) is 66.3 Å². The molecule has 0 fully saturated rings. The van der Waals surface area contributed by atoms with Gasteiger partial charge in [0, 0.05) is 11.1 Å². The first-order valence-corrected chi connectivity index (χ1v) is 18.2. The Morgan fingerprint density at radius 1 is 0.592 bits per heavy atom. The summed E-state index contributed by atoms with van der Waals surface area (Å²) >= 11 is 0. The van der Waals surface area contributed by atoms with Crippen LogP contribution in [-0.2, 0) is 4.74 Å². The van der Waals surface area contributed by atoms with Crippen molar-refractivity contribution in [3.8, 4) is 45.7 Å². The van der Waals surface area contributed by atoms with E-state index in [1.807, 2.05) is 24.3 Å². The van der Waals surface area contributed by atoms with Crippen molar-refractivity contribution < 1.29 is 20.1 Å². The average Bonchev–Trinajstić information content (AvgIpc) is 3.08. The summed E-state index contributed by atoms with van der Waals surface area (Å²) in [6.45, 7) is 14.4. The lowest BCUT2D eigenvalue weighted by Gasteiger charge is -2.27. The van der Waals surface area contributed by atoms with Gasteiger partial charge in [-0.15, -0.1) is 0 Å². The van der Waals surface area contributed by atoms with Gasteiger partial charge in [-0.3, -0.25) is 0 Å². The van der Waals surface area contributed by atoms with Crippen LogP contribution in [0.3, 0.4) is 0 Å². The Labute approximate surface area is 293 Å². The molecule has 4 atom stereocenters. The molecule has 0 bridgehead atoms. The third kappa shape index (κ3) is 11.6. The van der Waals surface area contributed by atoms with Gasteiger partial charge in [0.1, 0.15) is 11.5 Å². The lowest BCUT2D eigenvalue weighted by molar-refractivity contribution is -0.119. The molecule has 7 nitrogen and oxygen atoms in total. The number of aromatic hydroxyl groups is 2. The Morgan fingerprint density at radius 3 is 1.71 bits per heavy atom. The van der Waals surface area contributed by atoms with Gasteiger partial charge in [-0.25, -0.2) is 15.0 Å². The van der Waals surface area contributed by atoms with Crippen LogP contribution in [0.5, 0.6) is 11.5 Å². The number of phenolic OH excluding ortho intramolecular Hbond substituents is 2. The molecule has 0 aliphatic rings. The fourth-order valence-electron chi connectivity index (χ4n) is 6.35. The van der Waals surface area contributed by atoms with E-state index in [0.717, 1.165) is 18.8 Å². The molecule has 1 heterocycles. The van der Waals surface area contributed by atoms with Gasteiger partial charge in [0.2, 0.25) is 0 Å². The van der Waals surface area contributed by atoms with Crippen LogP contribution < -0.4 is 0 Å². The molecule has 0 aliphatic heterocycles. The van der Waals surface area contributed by atoms with E-state index in [-0.39, 0.29) is 23.1 Å². The van der Waals surface area contributed by atoms with E-state index in [9.17, 15) is 15.3 Å². The van der Waals surface area contributed by atoms with Crippen LogP contribution in [0.4, 0.5) is 0 Å². The van der Waals surface area contributed by atoms with Crippen LogP contribution in [0.2, 0.25) is 0 Å². The number of nitrogens with zero attached hydrogens (tertiary/aromatic N) is 3. The van der Waals surface area contributed by atoms with Gasteiger partial charge in [0.05, 0.1) is 17.7 Å². The van der Waals surface area contributed by atoms with Gasteiger partial charge >= 0.3 is 0 Å². The standard InChI is InChI=1S/C42H57N3O4/c1-28(2)14-11-16-30(5)24-25-34(31(6)17-12-15-29(3)4)27-49-42(48)33-19-13-18-32(26-33)39-43-40(35-20-7-9-22-37(35)46)45-41(44-39)36-21-8-10-23-38(36)47/h7-10,13,18-23,26,28-31,34,42,46-48H,11-12,14-17,24-25,27H2,1-6H3. The topological polar surface area (TPSA) is 109 Å². The monoisotopic (exact) mass is 667 g/mol. The highest BCUT2D eigenvalue weighted by Gasteiger charge is 2.22. The second-order valence-electron chi connectivity index (χ2n) is 14.7. The lowest BCUT2D eigenvalue weighted by Crippen LogP contribution is -2.21. The Bertz CT molecular complexity index is 1530. The quantitative estimate of drug-likeness (QED) is 0.0854. The first-order valence-electron chi connectivity index (χ1n) is 18.2. The fourth-order valence-corrected chi connectivity index (χ4v) is 6.35. The van der Waals surface area contributed by atoms with Crippen molar-refractivity contribution in [2.24, 2.45) is 29.6 Å². The zero-order valence-corrected chi connectivity index (χ0v) is 30.3. The number of para-hydroxylation sites is 2. The summed E-state index contributed by atoms with van der Waals surface area (Å²) in [6.07, 6.45) is 8.58. The molecule has 264 valence electrons. The molecule has 4 rings (SSSR count). The number of aromatic nitrogens is 3. The van der Waals surface area contributed by atoms with Gasteiger partial charge in [-0.1, -0.05) is 129 Å². The first-order chi connectivity index (χ1) is 23.5.